The van der Waals surface area contributed by atoms with Gasteiger partial charge in [-0.2, -0.15) is 0 Å². The zero-order valence-corrected chi connectivity index (χ0v) is 28.6. The third-order valence-electron chi connectivity index (χ3n) is 9.99. The molecule has 0 spiro atoms. The molecule has 1 aliphatic rings. The van der Waals surface area contributed by atoms with Gasteiger partial charge in [-0.15, -0.1) is 0 Å². The van der Waals surface area contributed by atoms with Gasteiger partial charge in [-0.3, -0.25) is 0 Å². The van der Waals surface area contributed by atoms with Gasteiger partial charge in [0.2, 0.25) is 0 Å². The van der Waals surface area contributed by atoms with E-state index in [0.717, 1.165) is 28.7 Å². The maximum absolute atomic E-state index is 5.03. The zero-order chi connectivity index (χ0) is 34.3. The topological polar surface area (TPSA) is 38.7 Å². The highest BCUT2D eigenvalue weighted by molar-refractivity contribution is 5.90. The summed E-state index contributed by atoms with van der Waals surface area (Å²) in [5, 5.41) is 0. The zero-order valence-electron chi connectivity index (χ0n) is 28.6. The number of fused-ring (bicyclic) bond motifs is 3. The molecule has 0 atom stereocenters. The van der Waals surface area contributed by atoms with E-state index in [4.69, 9.17) is 15.0 Å². The van der Waals surface area contributed by atoms with Crippen LogP contribution in [0.1, 0.15) is 22.3 Å². The van der Waals surface area contributed by atoms with Crippen molar-refractivity contribution in [3.63, 3.8) is 0 Å². The summed E-state index contributed by atoms with van der Waals surface area (Å²) in [5.41, 5.74) is 18.0. The van der Waals surface area contributed by atoms with Gasteiger partial charge in [0.1, 0.15) is 0 Å². The van der Waals surface area contributed by atoms with Crippen LogP contribution in [0.3, 0.4) is 0 Å². The van der Waals surface area contributed by atoms with Crippen LogP contribution in [0.4, 0.5) is 0 Å². The van der Waals surface area contributed by atoms with E-state index in [1.165, 1.54) is 61.2 Å². The van der Waals surface area contributed by atoms with Gasteiger partial charge in [-0.25, -0.2) is 15.0 Å². The van der Waals surface area contributed by atoms with E-state index in [0.29, 0.717) is 17.5 Å². The molecule has 1 aliphatic carbocycles. The number of aryl methyl sites for hydroxylation is 2. The number of hydrogen-bond donors (Lipinski definition) is 0. The average Bonchev–Trinajstić information content (AvgIpc) is 3.58. The van der Waals surface area contributed by atoms with E-state index < -0.39 is 0 Å². The summed E-state index contributed by atoms with van der Waals surface area (Å²) < 4.78 is 0. The van der Waals surface area contributed by atoms with Crippen molar-refractivity contribution in [1.82, 2.24) is 15.0 Å². The van der Waals surface area contributed by atoms with Crippen molar-refractivity contribution in [2.24, 2.45) is 0 Å². The van der Waals surface area contributed by atoms with Crippen LogP contribution in [-0.4, -0.2) is 15.0 Å². The molecule has 0 fully saturated rings. The first-order valence-corrected chi connectivity index (χ1v) is 17.5. The van der Waals surface area contributed by atoms with Crippen LogP contribution in [0.5, 0.6) is 0 Å². The molecular weight excluding hydrogens is 619 g/mol. The lowest BCUT2D eigenvalue weighted by molar-refractivity contribution is 1.07. The number of benzene rings is 7. The third kappa shape index (κ3) is 5.83. The fourth-order valence-corrected chi connectivity index (χ4v) is 7.24. The fraction of sp³-hybridized carbons (Fsp3) is 0.0625. The van der Waals surface area contributed by atoms with Gasteiger partial charge in [-0.1, -0.05) is 169 Å². The molecule has 9 rings (SSSR count). The monoisotopic (exact) mass is 653 g/mol. The average molecular weight is 654 g/mol. The molecule has 242 valence electrons. The van der Waals surface area contributed by atoms with Gasteiger partial charge < -0.3 is 0 Å². The summed E-state index contributed by atoms with van der Waals surface area (Å²) in [7, 11) is 0. The molecule has 8 aromatic rings. The lowest BCUT2D eigenvalue weighted by Gasteiger charge is -2.12. The fourth-order valence-electron chi connectivity index (χ4n) is 7.24. The van der Waals surface area contributed by atoms with Crippen molar-refractivity contribution in [3.8, 4) is 78.7 Å². The van der Waals surface area contributed by atoms with Gasteiger partial charge >= 0.3 is 0 Å². The molecular formula is C48H35N3. The minimum Gasteiger partial charge on any atom is -0.208 e. The summed E-state index contributed by atoms with van der Waals surface area (Å²) in [6.45, 7) is 4.18. The number of rotatable bonds is 6. The van der Waals surface area contributed by atoms with Gasteiger partial charge in [0.25, 0.3) is 0 Å². The van der Waals surface area contributed by atoms with Crippen molar-refractivity contribution in [2.75, 3.05) is 0 Å². The SMILES string of the molecule is Cc1ccc(-c2nc(-c3ccc(C)cc3)nc(-c3cccc(-c4cccc5c4Cc4c(-c6ccc(-c7ccccc7)cc6)cccc4-5)c3)n2)cc1. The minimum atomic E-state index is 0.662. The van der Waals surface area contributed by atoms with Crippen molar-refractivity contribution in [1.29, 1.82) is 0 Å². The number of hydrogen-bond acceptors (Lipinski definition) is 3. The van der Waals surface area contributed by atoms with Gasteiger partial charge in [0, 0.05) is 16.7 Å². The standard InChI is InChI=1S/C48H35N3/c1-31-17-21-36(22-18-31)46-49-47(37-23-19-32(2)20-24-37)51-48(50-46)39-12-6-11-38(29-39)41-14-8-16-43-42-15-7-13-40(44(42)30-45(41)43)35-27-25-34(26-28-35)33-9-4-3-5-10-33/h3-29H,30H2,1-2H3. The Bertz CT molecular complexity index is 2470. The molecule has 3 heteroatoms. The maximum Gasteiger partial charge on any atom is 0.164 e. The highest BCUT2D eigenvalue weighted by atomic mass is 15.0. The van der Waals surface area contributed by atoms with Crippen LogP contribution >= 0.6 is 0 Å². The molecule has 7 aromatic carbocycles. The van der Waals surface area contributed by atoms with Crippen LogP contribution in [0, 0.1) is 13.8 Å². The van der Waals surface area contributed by atoms with E-state index in [-0.39, 0.29) is 0 Å². The molecule has 51 heavy (non-hydrogen) atoms. The summed E-state index contributed by atoms with van der Waals surface area (Å²) in [4.78, 5) is 15.0. The first kappa shape index (κ1) is 30.6. The summed E-state index contributed by atoms with van der Waals surface area (Å²) in [6.07, 6.45) is 0.878. The number of nitrogens with zero attached hydrogens (tertiary/aromatic N) is 3. The quantitative estimate of drug-likeness (QED) is 0.179. The predicted octanol–water partition coefficient (Wildman–Crippen LogP) is 12.1. The largest absolute Gasteiger partial charge is 0.208 e. The summed E-state index contributed by atoms with van der Waals surface area (Å²) in [5.74, 6) is 2.00. The smallest absolute Gasteiger partial charge is 0.164 e. The van der Waals surface area contributed by atoms with Crippen molar-refractivity contribution >= 4 is 0 Å². The van der Waals surface area contributed by atoms with Crippen molar-refractivity contribution < 1.29 is 0 Å². The second-order valence-corrected chi connectivity index (χ2v) is 13.4. The number of aromatic nitrogens is 3. The van der Waals surface area contributed by atoms with E-state index in [1.807, 2.05) is 0 Å². The lowest BCUT2D eigenvalue weighted by atomic mass is 9.94. The van der Waals surface area contributed by atoms with Crippen LogP contribution in [0.2, 0.25) is 0 Å². The Hall–Kier alpha value is -6.45. The molecule has 3 nitrogen and oxygen atoms in total. The Labute approximate surface area is 299 Å². The summed E-state index contributed by atoms with van der Waals surface area (Å²) in [6, 6.07) is 58.4. The van der Waals surface area contributed by atoms with Gasteiger partial charge in [0.15, 0.2) is 17.5 Å². The Balaban J connectivity index is 1.09. The minimum absolute atomic E-state index is 0.662. The highest BCUT2D eigenvalue weighted by Gasteiger charge is 2.24. The molecule has 0 radical (unpaired) electrons. The van der Waals surface area contributed by atoms with E-state index in [2.05, 4.69) is 178 Å². The molecule has 0 saturated heterocycles. The molecule has 0 aliphatic heterocycles. The molecule has 0 amide bonds. The van der Waals surface area contributed by atoms with Crippen LogP contribution in [0.15, 0.2) is 164 Å². The Morgan fingerprint density at radius 2 is 0.706 bits per heavy atom. The first-order chi connectivity index (χ1) is 25.1. The maximum atomic E-state index is 5.03. The molecule has 1 heterocycles. The first-order valence-electron chi connectivity index (χ1n) is 17.5. The second kappa shape index (κ2) is 12.8. The third-order valence-corrected chi connectivity index (χ3v) is 9.99. The van der Waals surface area contributed by atoms with Crippen LogP contribution < -0.4 is 0 Å². The molecule has 1 aromatic heterocycles. The van der Waals surface area contributed by atoms with Crippen LogP contribution in [0.25, 0.3) is 78.7 Å². The summed E-state index contributed by atoms with van der Waals surface area (Å²) >= 11 is 0. The lowest BCUT2D eigenvalue weighted by Crippen LogP contribution is -2.00. The van der Waals surface area contributed by atoms with E-state index >= 15 is 0 Å². The van der Waals surface area contributed by atoms with Crippen LogP contribution in [-0.2, 0) is 6.42 Å². The Morgan fingerprint density at radius 1 is 0.314 bits per heavy atom. The molecule has 0 N–H and O–H groups in total. The highest BCUT2D eigenvalue weighted by Crippen LogP contribution is 2.45. The molecule has 0 unspecified atom stereocenters. The van der Waals surface area contributed by atoms with E-state index in [1.54, 1.807) is 0 Å². The predicted molar refractivity (Wildman–Crippen MR) is 210 cm³/mol. The second-order valence-electron chi connectivity index (χ2n) is 13.4. The normalized spacial score (nSPS) is 11.6. The van der Waals surface area contributed by atoms with E-state index in [9.17, 15) is 0 Å². The van der Waals surface area contributed by atoms with Crippen molar-refractivity contribution in [3.05, 3.63) is 186 Å². The molecule has 0 bridgehead atoms. The van der Waals surface area contributed by atoms with Gasteiger partial charge in [-0.05, 0) is 82.0 Å². The van der Waals surface area contributed by atoms with Gasteiger partial charge in [0.05, 0.1) is 0 Å². The Morgan fingerprint density at radius 3 is 1.27 bits per heavy atom. The molecule has 0 saturated carbocycles. The van der Waals surface area contributed by atoms with Crippen molar-refractivity contribution in [2.45, 2.75) is 20.3 Å². The Kier molecular flexibility index (Phi) is 7.67.